The van der Waals surface area contributed by atoms with Gasteiger partial charge in [-0.2, -0.15) is 22.0 Å². The minimum Gasteiger partial charge on any atom is -0.493 e. The van der Waals surface area contributed by atoms with Gasteiger partial charge in [-0.05, 0) is 42.8 Å². The van der Waals surface area contributed by atoms with E-state index in [4.69, 9.17) is 4.74 Å². The number of anilines is 1. The first-order valence-corrected chi connectivity index (χ1v) is 7.24. The van der Waals surface area contributed by atoms with Crippen molar-refractivity contribution in [2.75, 3.05) is 12.4 Å². The Morgan fingerprint density at radius 1 is 1.08 bits per heavy atom. The van der Waals surface area contributed by atoms with E-state index in [1.807, 2.05) is 0 Å². The molecule has 0 aliphatic heterocycles. The number of nitrogens with one attached hydrogen (secondary N) is 1. The minimum absolute atomic E-state index is 0.00222. The van der Waals surface area contributed by atoms with E-state index < -0.39 is 24.3 Å². The number of alkyl halides is 5. The molecule has 0 heterocycles. The predicted octanol–water partition coefficient (Wildman–Crippen LogP) is 4.88. The Bertz CT molecular complexity index is 805. The molecule has 1 N–H and O–H groups in total. The molecule has 0 fully saturated rings. The van der Waals surface area contributed by atoms with Crippen molar-refractivity contribution in [2.45, 2.75) is 19.7 Å². The van der Waals surface area contributed by atoms with Crippen LogP contribution in [0, 0.1) is 6.92 Å². The molecule has 2 aromatic carbocycles. The molecule has 0 spiro atoms. The first-order valence-electron chi connectivity index (χ1n) is 7.24. The average Bonchev–Trinajstić information content (AvgIpc) is 2.55. The van der Waals surface area contributed by atoms with Crippen LogP contribution in [0.3, 0.4) is 0 Å². The number of halogens is 5. The molecule has 140 valence electrons. The normalized spacial score (nSPS) is 11.4. The van der Waals surface area contributed by atoms with Crippen LogP contribution in [-0.2, 0) is 6.18 Å². The van der Waals surface area contributed by atoms with Gasteiger partial charge in [-0.3, -0.25) is 4.79 Å². The molecular formula is C17H14F5NO3. The van der Waals surface area contributed by atoms with Crippen LogP contribution in [0.4, 0.5) is 27.6 Å². The minimum atomic E-state index is -4.55. The van der Waals surface area contributed by atoms with Crippen molar-refractivity contribution in [2.24, 2.45) is 0 Å². The number of rotatable bonds is 5. The fraction of sp³-hybridized carbons (Fsp3) is 0.235. The van der Waals surface area contributed by atoms with Gasteiger partial charge in [0.25, 0.3) is 5.91 Å². The van der Waals surface area contributed by atoms with Gasteiger partial charge in [0.15, 0.2) is 11.5 Å². The highest BCUT2D eigenvalue weighted by Gasteiger charge is 2.32. The third kappa shape index (κ3) is 4.62. The summed E-state index contributed by atoms with van der Waals surface area (Å²) in [6.07, 6.45) is -4.55. The van der Waals surface area contributed by atoms with Gasteiger partial charge in [0.1, 0.15) is 0 Å². The number of carbonyl (C=O) groups excluding carboxylic acids is 1. The van der Waals surface area contributed by atoms with Gasteiger partial charge < -0.3 is 14.8 Å². The van der Waals surface area contributed by atoms with Crippen molar-refractivity contribution in [1.29, 1.82) is 0 Å². The first kappa shape index (κ1) is 19.5. The summed E-state index contributed by atoms with van der Waals surface area (Å²) >= 11 is 0. The lowest BCUT2D eigenvalue weighted by molar-refractivity contribution is -0.138. The second-order valence-corrected chi connectivity index (χ2v) is 5.23. The van der Waals surface area contributed by atoms with Gasteiger partial charge in [-0.15, -0.1) is 0 Å². The SMILES string of the molecule is COc1cc(C(=O)Nc2ccc(C)c(C(F)(F)F)c2)ccc1OC(F)F. The van der Waals surface area contributed by atoms with E-state index in [0.29, 0.717) is 0 Å². The molecule has 0 saturated heterocycles. The van der Waals surface area contributed by atoms with E-state index >= 15 is 0 Å². The molecule has 0 atom stereocenters. The fourth-order valence-corrected chi connectivity index (χ4v) is 2.21. The number of methoxy groups -OCH3 is 1. The maximum absolute atomic E-state index is 12.9. The van der Waals surface area contributed by atoms with Crippen molar-refractivity contribution < 1.29 is 36.2 Å². The summed E-state index contributed by atoms with van der Waals surface area (Å²) in [5.74, 6) is -1.12. The average molecular weight is 375 g/mol. The number of aryl methyl sites for hydroxylation is 1. The van der Waals surface area contributed by atoms with E-state index in [1.165, 1.54) is 32.2 Å². The first-order chi connectivity index (χ1) is 12.1. The van der Waals surface area contributed by atoms with Crippen LogP contribution >= 0.6 is 0 Å². The van der Waals surface area contributed by atoms with E-state index in [0.717, 1.165) is 18.2 Å². The molecule has 2 rings (SSSR count). The summed E-state index contributed by atoms with van der Waals surface area (Å²) in [4.78, 5) is 12.2. The molecule has 0 aliphatic rings. The monoisotopic (exact) mass is 375 g/mol. The van der Waals surface area contributed by atoms with E-state index in [2.05, 4.69) is 10.1 Å². The summed E-state index contributed by atoms with van der Waals surface area (Å²) in [6, 6.07) is 6.82. The number of hydrogen-bond donors (Lipinski definition) is 1. The van der Waals surface area contributed by atoms with Crippen LogP contribution < -0.4 is 14.8 Å². The molecule has 0 radical (unpaired) electrons. The van der Waals surface area contributed by atoms with Crippen LogP contribution in [-0.4, -0.2) is 19.6 Å². The predicted molar refractivity (Wildman–Crippen MR) is 83.8 cm³/mol. The highest BCUT2D eigenvalue weighted by Crippen LogP contribution is 2.34. The molecule has 1 amide bonds. The third-order valence-corrected chi connectivity index (χ3v) is 3.44. The Labute approximate surface area is 145 Å². The second kappa shape index (κ2) is 7.59. The zero-order valence-corrected chi connectivity index (χ0v) is 13.7. The second-order valence-electron chi connectivity index (χ2n) is 5.23. The topological polar surface area (TPSA) is 47.6 Å². The maximum atomic E-state index is 12.9. The number of carbonyl (C=O) groups is 1. The van der Waals surface area contributed by atoms with Crippen LogP contribution in [0.5, 0.6) is 11.5 Å². The molecule has 9 heteroatoms. The fourth-order valence-electron chi connectivity index (χ4n) is 2.21. The Balaban J connectivity index is 2.25. The molecule has 4 nitrogen and oxygen atoms in total. The number of ether oxygens (including phenoxy) is 2. The summed E-state index contributed by atoms with van der Waals surface area (Å²) in [7, 11) is 1.20. The molecule has 2 aromatic rings. The zero-order chi connectivity index (χ0) is 19.5. The standard InChI is InChI=1S/C17H14F5NO3/c1-9-3-5-11(8-12(9)17(20,21)22)23-15(24)10-4-6-13(26-16(18)19)14(7-10)25-2/h3-8,16H,1-2H3,(H,23,24). The van der Waals surface area contributed by atoms with Gasteiger partial charge in [0.2, 0.25) is 0 Å². The molecule has 0 bridgehead atoms. The maximum Gasteiger partial charge on any atom is 0.416 e. The summed E-state index contributed by atoms with van der Waals surface area (Å²) in [6.45, 7) is -1.77. The van der Waals surface area contributed by atoms with Gasteiger partial charge in [0, 0.05) is 11.3 Å². The smallest absolute Gasteiger partial charge is 0.416 e. The highest BCUT2D eigenvalue weighted by atomic mass is 19.4. The van der Waals surface area contributed by atoms with Crippen LogP contribution in [0.25, 0.3) is 0 Å². The van der Waals surface area contributed by atoms with Crippen LogP contribution in [0.2, 0.25) is 0 Å². The lowest BCUT2D eigenvalue weighted by Gasteiger charge is -2.14. The summed E-state index contributed by atoms with van der Waals surface area (Å²) < 4.78 is 72.5. The number of benzene rings is 2. The van der Waals surface area contributed by atoms with Crippen molar-refractivity contribution in [3.05, 3.63) is 53.1 Å². The van der Waals surface area contributed by atoms with Crippen molar-refractivity contribution in [3.63, 3.8) is 0 Å². The van der Waals surface area contributed by atoms with Gasteiger partial charge in [-0.1, -0.05) is 6.07 Å². The Morgan fingerprint density at radius 2 is 1.77 bits per heavy atom. The Hall–Kier alpha value is -2.84. The molecule has 0 unspecified atom stereocenters. The summed E-state index contributed by atoms with van der Waals surface area (Å²) in [5, 5.41) is 2.33. The van der Waals surface area contributed by atoms with Gasteiger partial charge >= 0.3 is 12.8 Å². The van der Waals surface area contributed by atoms with Gasteiger partial charge in [-0.25, -0.2) is 0 Å². The van der Waals surface area contributed by atoms with E-state index in [-0.39, 0.29) is 28.3 Å². The van der Waals surface area contributed by atoms with Crippen LogP contribution in [0.1, 0.15) is 21.5 Å². The molecule has 0 aliphatic carbocycles. The van der Waals surface area contributed by atoms with Crippen LogP contribution in [0.15, 0.2) is 36.4 Å². The van der Waals surface area contributed by atoms with Crippen molar-refractivity contribution in [1.82, 2.24) is 0 Å². The molecule has 26 heavy (non-hydrogen) atoms. The lowest BCUT2D eigenvalue weighted by atomic mass is 10.1. The molecular weight excluding hydrogens is 361 g/mol. The number of hydrogen-bond acceptors (Lipinski definition) is 3. The largest absolute Gasteiger partial charge is 0.493 e. The van der Waals surface area contributed by atoms with Crippen molar-refractivity contribution >= 4 is 11.6 Å². The van der Waals surface area contributed by atoms with Gasteiger partial charge in [0.05, 0.1) is 12.7 Å². The Kier molecular flexibility index (Phi) is 5.69. The Morgan fingerprint density at radius 3 is 2.35 bits per heavy atom. The van der Waals surface area contributed by atoms with E-state index in [9.17, 15) is 26.7 Å². The summed E-state index contributed by atoms with van der Waals surface area (Å²) in [5.41, 5.74) is -0.906. The molecule has 0 saturated carbocycles. The number of amides is 1. The molecule has 0 aromatic heterocycles. The van der Waals surface area contributed by atoms with Crippen molar-refractivity contribution in [3.8, 4) is 11.5 Å². The quantitative estimate of drug-likeness (QED) is 0.758. The lowest BCUT2D eigenvalue weighted by Crippen LogP contribution is -2.14. The zero-order valence-electron chi connectivity index (χ0n) is 13.7. The highest BCUT2D eigenvalue weighted by molar-refractivity contribution is 6.04. The third-order valence-electron chi connectivity index (χ3n) is 3.44. The van der Waals surface area contributed by atoms with E-state index in [1.54, 1.807) is 0 Å².